The van der Waals surface area contributed by atoms with Crippen LogP contribution in [0.15, 0.2) is 0 Å². The van der Waals surface area contributed by atoms with Crippen LogP contribution in [0.2, 0.25) is 0 Å². The Balaban J connectivity index is 2.49. The standard InChI is InChI=1S/C6H11ClO3/c7-3-1-4(8)6(10)5(9)2-3/h3-6,8-10H,1-2H2. The average Bonchev–Trinajstić information content (AvgIpc) is 1.82. The highest BCUT2D eigenvalue weighted by Gasteiger charge is 2.33. The predicted octanol–water partition coefficient (Wildman–Crippen LogP) is -0.530. The van der Waals surface area contributed by atoms with Gasteiger partial charge in [-0.15, -0.1) is 11.6 Å². The highest BCUT2D eigenvalue weighted by molar-refractivity contribution is 6.20. The maximum atomic E-state index is 9.02. The minimum Gasteiger partial charge on any atom is -0.390 e. The van der Waals surface area contributed by atoms with Gasteiger partial charge in [-0.05, 0) is 12.8 Å². The van der Waals surface area contributed by atoms with E-state index in [1.165, 1.54) is 0 Å². The molecular weight excluding hydrogens is 156 g/mol. The molecule has 0 saturated heterocycles. The summed E-state index contributed by atoms with van der Waals surface area (Å²) in [6.45, 7) is 0. The summed E-state index contributed by atoms with van der Waals surface area (Å²) in [6, 6.07) is 0. The Morgan fingerprint density at radius 2 is 1.40 bits per heavy atom. The molecule has 2 unspecified atom stereocenters. The summed E-state index contributed by atoms with van der Waals surface area (Å²) in [5, 5.41) is 26.8. The van der Waals surface area contributed by atoms with Crippen molar-refractivity contribution in [3.63, 3.8) is 0 Å². The second-order valence-corrected chi connectivity index (χ2v) is 3.31. The Labute approximate surface area is 64.2 Å². The van der Waals surface area contributed by atoms with E-state index < -0.39 is 18.3 Å². The van der Waals surface area contributed by atoms with Crippen molar-refractivity contribution in [2.24, 2.45) is 0 Å². The first-order chi connectivity index (χ1) is 4.61. The number of halogens is 1. The number of rotatable bonds is 0. The van der Waals surface area contributed by atoms with E-state index in [1.54, 1.807) is 0 Å². The molecule has 0 aromatic heterocycles. The van der Waals surface area contributed by atoms with E-state index in [2.05, 4.69) is 0 Å². The van der Waals surface area contributed by atoms with Crippen molar-refractivity contribution < 1.29 is 15.3 Å². The Bertz CT molecular complexity index is 108. The number of hydrogen-bond acceptors (Lipinski definition) is 3. The summed E-state index contributed by atoms with van der Waals surface area (Å²) >= 11 is 5.64. The molecule has 1 aliphatic rings. The van der Waals surface area contributed by atoms with E-state index in [-0.39, 0.29) is 5.38 Å². The van der Waals surface area contributed by atoms with E-state index in [4.69, 9.17) is 26.9 Å². The van der Waals surface area contributed by atoms with Crippen molar-refractivity contribution in [1.82, 2.24) is 0 Å². The van der Waals surface area contributed by atoms with Gasteiger partial charge < -0.3 is 15.3 Å². The molecule has 4 heteroatoms. The molecule has 1 fully saturated rings. The quantitative estimate of drug-likeness (QED) is 0.424. The van der Waals surface area contributed by atoms with Gasteiger partial charge in [0.15, 0.2) is 0 Å². The number of aliphatic hydroxyl groups is 3. The van der Waals surface area contributed by atoms with Crippen LogP contribution in [0.3, 0.4) is 0 Å². The van der Waals surface area contributed by atoms with Crippen molar-refractivity contribution in [1.29, 1.82) is 0 Å². The predicted molar refractivity (Wildman–Crippen MR) is 36.9 cm³/mol. The lowest BCUT2D eigenvalue weighted by atomic mass is 9.92. The van der Waals surface area contributed by atoms with Crippen molar-refractivity contribution in [2.45, 2.75) is 36.5 Å². The smallest absolute Gasteiger partial charge is 0.106 e. The largest absolute Gasteiger partial charge is 0.390 e. The zero-order valence-corrected chi connectivity index (χ0v) is 6.20. The first-order valence-electron chi connectivity index (χ1n) is 3.29. The van der Waals surface area contributed by atoms with Crippen molar-refractivity contribution in [3.05, 3.63) is 0 Å². The molecule has 0 heterocycles. The fourth-order valence-corrected chi connectivity index (χ4v) is 1.52. The molecule has 1 saturated carbocycles. The summed E-state index contributed by atoms with van der Waals surface area (Å²) in [4.78, 5) is 0. The topological polar surface area (TPSA) is 60.7 Å². The molecule has 0 aliphatic heterocycles. The Hall–Kier alpha value is 0.170. The summed E-state index contributed by atoms with van der Waals surface area (Å²) < 4.78 is 0. The average molecular weight is 167 g/mol. The minimum atomic E-state index is -1.02. The lowest BCUT2D eigenvalue weighted by Crippen LogP contribution is -2.44. The third kappa shape index (κ3) is 1.61. The van der Waals surface area contributed by atoms with E-state index in [0.717, 1.165) is 0 Å². The van der Waals surface area contributed by atoms with Gasteiger partial charge in [-0.2, -0.15) is 0 Å². The third-order valence-electron chi connectivity index (χ3n) is 1.78. The highest BCUT2D eigenvalue weighted by Crippen LogP contribution is 2.23. The molecular formula is C6H11ClO3. The lowest BCUT2D eigenvalue weighted by Gasteiger charge is -2.30. The van der Waals surface area contributed by atoms with Crippen molar-refractivity contribution in [2.75, 3.05) is 0 Å². The fourth-order valence-electron chi connectivity index (χ4n) is 1.16. The van der Waals surface area contributed by atoms with E-state index in [9.17, 15) is 0 Å². The molecule has 3 nitrogen and oxygen atoms in total. The van der Waals surface area contributed by atoms with Gasteiger partial charge in [0.1, 0.15) is 6.10 Å². The van der Waals surface area contributed by atoms with Gasteiger partial charge in [0.05, 0.1) is 12.2 Å². The molecule has 1 rings (SSSR count). The molecule has 3 N–H and O–H groups in total. The van der Waals surface area contributed by atoms with Crippen LogP contribution in [0.25, 0.3) is 0 Å². The van der Waals surface area contributed by atoms with Crippen LogP contribution >= 0.6 is 11.6 Å². The van der Waals surface area contributed by atoms with Crippen LogP contribution in [0, 0.1) is 0 Å². The Morgan fingerprint density at radius 3 is 1.80 bits per heavy atom. The molecule has 0 radical (unpaired) electrons. The molecule has 0 amide bonds. The summed E-state index contributed by atoms with van der Waals surface area (Å²) in [5.41, 5.74) is 0. The van der Waals surface area contributed by atoms with Crippen molar-refractivity contribution >= 4 is 11.6 Å². The molecule has 0 aromatic rings. The second-order valence-electron chi connectivity index (χ2n) is 2.69. The van der Waals surface area contributed by atoms with Gasteiger partial charge in [0.2, 0.25) is 0 Å². The van der Waals surface area contributed by atoms with E-state index in [1.807, 2.05) is 0 Å². The molecule has 0 aromatic carbocycles. The number of hydrogen-bond donors (Lipinski definition) is 3. The van der Waals surface area contributed by atoms with Crippen LogP contribution in [0.1, 0.15) is 12.8 Å². The summed E-state index contributed by atoms with van der Waals surface area (Å²) in [6.07, 6.45) is -2.04. The minimum absolute atomic E-state index is 0.214. The first-order valence-corrected chi connectivity index (χ1v) is 3.73. The first kappa shape index (κ1) is 8.27. The summed E-state index contributed by atoms with van der Waals surface area (Å²) in [5.74, 6) is 0. The fraction of sp³-hybridized carbons (Fsp3) is 1.00. The van der Waals surface area contributed by atoms with Crippen LogP contribution in [-0.4, -0.2) is 39.0 Å². The lowest BCUT2D eigenvalue weighted by molar-refractivity contribution is -0.0830. The van der Waals surface area contributed by atoms with E-state index >= 15 is 0 Å². The zero-order chi connectivity index (χ0) is 7.72. The molecule has 0 spiro atoms. The number of aliphatic hydroxyl groups excluding tert-OH is 3. The molecule has 0 bridgehead atoms. The van der Waals surface area contributed by atoms with Gasteiger partial charge in [-0.3, -0.25) is 0 Å². The van der Waals surface area contributed by atoms with E-state index in [0.29, 0.717) is 12.8 Å². The normalized spacial score (nSPS) is 49.2. The zero-order valence-electron chi connectivity index (χ0n) is 5.44. The van der Waals surface area contributed by atoms with Gasteiger partial charge in [-0.1, -0.05) is 0 Å². The number of alkyl halides is 1. The van der Waals surface area contributed by atoms with Crippen LogP contribution in [-0.2, 0) is 0 Å². The maximum Gasteiger partial charge on any atom is 0.106 e. The molecule has 10 heavy (non-hydrogen) atoms. The molecule has 1 aliphatic carbocycles. The maximum absolute atomic E-state index is 9.02. The molecule has 60 valence electrons. The van der Waals surface area contributed by atoms with Crippen LogP contribution < -0.4 is 0 Å². The Kier molecular flexibility index (Phi) is 2.52. The monoisotopic (exact) mass is 166 g/mol. The summed E-state index contributed by atoms with van der Waals surface area (Å²) in [7, 11) is 0. The van der Waals surface area contributed by atoms with Gasteiger partial charge in [0.25, 0.3) is 0 Å². The van der Waals surface area contributed by atoms with Crippen molar-refractivity contribution in [3.8, 4) is 0 Å². The third-order valence-corrected chi connectivity index (χ3v) is 2.14. The SMILES string of the molecule is OC1CC(Cl)CC(O)C1O. The van der Waals surface area contributed by atoms with Gasteiger partial charge >= 0.3 is 0 Å². The van der Waals surface area contributed by atoms with Gasteiger partial charge in [-0.25, -0.2) is 0 Å². The van der Waals surface area contributed by atoms with Crippen LogP contribution in [0.4, 0.5) is 0 Å². The second kappa shape index (κ2) is 3.05. The van der Waals surface area contributed by atoms with Crippen LogP contribution in [0.5, 0.6) is 0 Å². The molecule has 2 atom stereocenters. The highest BCUT2D eigenvalue weighted by atomic mass is 35.5. The Morgan fingerprint density at radius 1 is 1.00 bits per heavy atom. The van der Waals surface area contributed by atoms with Gasteiger partial charge in [0, 0.05) is 5.38 Å².